The Morgan fingerprint density at radius 2 is 1.66 bits per heavy atom. The molecule has 0 amide bonds. The van der Waals surface area contributed by atoms with E-state index >= 15 is 0 Å². The predicted molar refractivity (Wildman–Crippen MR) is 139 cm³/mol. The van der Waals surface area contributed by atoms with Crippen molar-refractivity contribution in [2.24, 2.45) is 17.3 Å². The smallest absolute Gasteiger partial charge is 0.312 e. The fraction of sp³-hybridized carbons (Fsp3) is 0.769. The molecule has 2 spiro atoms. The maximum Gasteiger partial charge on any atom is 0.312 e. The van der Waals surface area contributed by atoms with Crippen LogP contribution < -0.4 is 0 Å². The van der Waals surface area contributed by atoms with E-state index in [1.54, 1.807) is 6.92 Å². The van der Waals surface area contributed by atoms with Crippen LogP contribution >= 0.6 is 34.2 Å². The summed E-state index contributed by atoms with van der Waals surface area (Å²) in [6, 6.07) is 0. The van der Waals surface area contributed by atoms with Crippen molar-refractivity contribution < 1.29 is 47.6 Å². The van der Waals surface area contributed by atoms with E-state index in [4.69, 9.17) is 40.0 Å². The van der Waals surface area contributed by atoms with Crippen LogP contribution in [0, 0.1) is 17.3 Å². The summed E-state index contributed by atoms with van der Waals surface area (Å²) in [5.41, 5.74) is -2.96. The highest BCUT2D eigenvalue weighted by molar-refractivity contribution is 14.1. The third-order valence-electron chi connectivity index (χ3n) is 9.14. The average molecular weight is 667 g/mol. The number of carbonyl (C=O) groups excluding carboxylic acids is 4. The molecule has 4 aliphatic heterocycles. The summed E-state index contributed by atoms with van der Waals surface area (Å²) in [6.07, 6.45) is -3.59. The third kappa shape index (κ3) is 3.85. The van der Waals surface area contributed by atoms with Gasteiger partial charge in [0, 0.05) is 26.7 Å². The fourth-order valence-electron chi connectivity index (χ4n) is 7.45. The minimum atomic E-state index is -1.49. The molecule has 0 radical (unpaired) electrons. The van der Waals surface area contributed by atoms with Crippen molar-refractivity contribution in [3.05, 3.63) is 12.2 Å². The van der Waals surface area contributed by atoms with E-state index in [1.807, 2.05) is 6.92 Å². The van der Waals surface area contributed by atoms with Gasteiger partial charge in [0.2, 0.25) is 0 Å². The van der Waals surface area contributed by atoms with Crippen LogP contribution in [-0.2, 0) is 47.6 Å². The maximum absolute atomic E-state index is 13.1. The number of rotatable bonds is 3. The molecule has 0 aromatic carbocycles. The highest BCUT2D eigenvalue weighted by atomic mass is 127. The highest BCUT2D eigenvalue weighted by Gasteiger charge is 2.79. The fourth-order valence-corrected chi connectivity index (χ4v) is 9.35. The molecule has 10 nitrogen and oxygen atoms in total. The SMILES string of the molecule is C=C1[C@H]2O[C@]3(C(C)C(=O)O[C@H]3[C@H]1Cl)[C@@H](OC(C)=O)[C@H]1[C@]3(CC[C@H](OC(C)=O)[C@]1(C)[C@@H](OC(C)=O)[C@@H]2I)CO3. The van der Waals surface area contributed by atoms with E-state index in [0.29, 0.717) is 25.0 Å². The molecule has 12 atom stereocenters. The minimum Gasteiger partial charge on any atom is -0.462 e. The van der Waals surface area contributed by atoms with Gasteiger partial charge in [-0.05, 0) is 25.3 Å². The summed E-state index contributed by atoms with van der Waals surface area (Å²) in [5, 5.41) is -0.857. The predicted octanol–water partition coefficient (Wildman–Crippen LogP) is 2.65. The van der Waals surface area contributed by atoms with Gasteiger partial charge in [0.05, 0.1) is 38.9 Å². The molecule has 5 fully saturated rings. The van der Waals surface area contributed by atoms with Gasteiger partial charge in [-0.3, -0.25) is 19.2 Å². The van der Waals surface area contributed by atoms with Crippen molar-refractivity contribution in [2.45, 2.75) is 98.5 Å². The molecular formula is C26H32ClIO10. The molecule has 12 heteroatoms. The summed E-state index contributed by atoms with van der Waals surface area (Å²) < 4.78 is 36.2. The van der Waals surface area contributed by atoms with E-state index in [2.05, 4.69) is 29.2 Å². The molecular weight excluding hydrogens is 635 g/mol. The first-order chi connectivity index (χ1) is 17.7. The molecule has 210 valence electrons. The number of esters is 4. The van der Waals surface area contributed by atoms with Crippen LogP contribution in [0.3, 0.4) is 0 Å². The number of carbonyl (C=O) groups is 4. The molecule has 0 N–H and O–H groups in total. The summed E-state index contributed by atoms with van der Waals surface area (Å²) in [6.45, 7) is 12.0. The molecule has 5 aliphatic rings. The van der Waals surface area contributed by atoms with Crippen LogP contribution in [-0.4, -0.2) is 81.5 Å². The van der Waals surface area contributed by atoms with E-state index in [9.17, 15) is 19.2 Å². The Morgan fingerprint density at radius 1 is 1.08 bits per heavy atom. The molecule has 0 aromatic rings. The minimum absolute atomic E-state index is 0.348. The Hall–Kier alpha value is -1.44. The molecule has 5 rings (SSSR count). The second-order valence-corrected chi connectivity index (χ2v) is 13.2. The van der Waals surface area contributed by atoms with E-state index in [1.165, 1.54) is 20.8 Å². The van der Waals surface area contributed by atoms with Gasteiger partial charge in [-0.2, -0.15) is 0 Å². The van der Waals surface area contributed by atoms with Gasteiger partial charge >= 0.3 is 23.9 Å². The second-order valence-electron chi connectivity index (χ2n) is 11.3. The topological polar surface area (TPSA) is 127 Å². The lowest BCUT2D eigenvalue weighted by molar-refractivity contribution is -0.284. The Balaban J connectivity index is 1.82. The summed E-state index contributed by atoms with van der Waals surface area (Å²) in [7, 11) is 0. The normalized spacial score (nSPS) is 49.1. The Labute approximate surface area is 239 Å². The lowest BCUT2D eigenvalue weighted by atomic mass is 9.51. The number of hydrogen-bond donors (Lipinski definition) is 0. The molecule has 38 heavy (non-hydrogen) atoms. The van der Waals surface area contributed by atoms with E-state index in [0.717, 1.165) is 0 Å². The van der Waals surface area contributed by atoms with Crippen molar-refractivity contribution in [1.82, 2.24) is 0 Å². The van der Waals surface area contributed by atoms with Gasteiger partial charge in [0.25, 0.3) is 0 Å². The second kappa shape index (κ2) is 9.31. The molecule has 4 heterocycles. The lowest BCUT2D eigenvalue weighted by Crippen LogP contribution is -2.76. The van der Waals surface area contributed by atoms with Crippen molar-refractivity contribution in [3.63, 3.8) is 0 Å². The van der Waals surface area contributed by atoms with Crippen LogP contribution in [0.15, 0.2) is 12.2 Å². The largest absolute Gasteiger partial charge is 0.462 e. The van der Waals surface area contributed by atoms with Crippen LogP contribution in [0.25, 0.3) is 0 Å². The zero-order valence-electron chi connectivity index (χ0n) is 21.9. The highest BCUT2D eigenvalue weighted by Crippen LogP contribution is 2.65. The van der Waals surface area contributed by atoms with Crippen molar-refractivity contribution in [1.29, 1.82) is 0 Å². The maximum atomic E-state index is 13.1. The standard InChI is InChI=1S/C26H32ClIO10/c1-10-16(27)20-26(11(2)23(32)37-20)22(36-14(5)31)19-24(6,21(35-13(4)30)17(28)18(10)38-26)15(34-12(3)29)7-8-25(19)9-33-25/h11,15-22H,1,7-9H2,2-6H3/t11?,15-,16-,17+,18+,19+,20-,21-,22-,24-,25-,26-/m0/s1. The van der Waals surface area contributed by atoms with Crippen LogP contribution in [0.2, 0.25) is 0 Å². The van der Waals surface area contributed by atoms with Gasteiger partial charge in [-0.1, -0.05) is 36.1 Å². The summed E-state index contributed by atoms with van der Waals surface area (Å²) in [5.74, 6) is -3.75. The Morgan fingerprint density at radius 3 is 2.21 bits per heavy atom. The zero-order chi connectivity index (χ0) is 27.9. The number of fused-ring (bicyclic) bond motifs is 3. The van der Waals surface area contributed by atoms with Crippen molar-refractivity contribution in [3.8, 4) is 0 Å². The summed E-state index contributed by atoms with van der Waals surface area (Å²) >= 11 is 9.09. The number of ether oxygens (including phenoxy) is 6. The van der Waals surface area contributed by atoms with Crippen molar-refractivity contribution in [2.75, 3.05) is 6.61 Å². The van der Waals surface area contributed by atoms with Gasteiger partial charge < -0.3 is 28.4 Å². The lowest BCUT2D eigenvalue weighted by Gasteiger charge is -2.62. The van der Waals surface area contributed by atoms with E-state index in [-0.39, 0.29) is 0 Å². The van der Waals surface area contributed by atoms with Gasteiger partial charge in [-0.25, -0.2) is 0 Å². The first-order valence-electron chi connectivity index (χ1n) is 12.7. The van der Waals surface area contributed by atoms with E-state index < -0.39 is 92.2 Å². The van der Waals surface area contributed by atoms with Gasteiger partial charge in [0.15, 0.2) is 11.7 Å². The Kier molecular flexibility index (Phi) is 6.88. The van der Waals surface area contributed by atoms with Crippen LogP contribution in [0.4, 0.5) is 0 Å². The molecule has 1 saturated carbocycles. The van der Waals surface area contributed by atoms with Crippen molar-refractivity contribution >= 4 is 58.1 Å². The molecule has 0 aromatic heterocycles. The summed E-state index contributed by atoms with van der Waals surface area (Å²) in [4.78, 5) is 50.7. The molecule has 2 bridgehead atoms. The van der Waals surface area contributed by atoms with Gasteiger partial charge in [-0.15, -0.1) is 11.6 Å². The number of hydrogen-bond acceptors (Lipinski definition) is 10. The third-order valence-corrected chi connectivity index (χ3v) is 11.0. The monoisotopic (exact) mass is 666 g/mol. The number of alkyl halides is 2. The first kappa shape index (κ1) is 28.1. The quantitative estimate of drug-likeness (QED) is 0.111. The average Bonchev–Trinajstić information content (AvgIpc) is 3.54. The molecule has 1 aliphatic carbocycles. The van der Waals surface area contributed by atoms with Gasteiger partial charge in [0.1, 0.15) is 18.3 Å². The first-order valence-corrected chi connectivity index (χ1v) is 14.4. The van der Waals surface area contributed by atoms with Crippen LogP contribution in [0.5, 0.6) is 0 Å². The van der Waals surface area contributed by atoms with Crippen LogP contribution in [0.1, 0.15) is 47.5 Å². The molecule has 4 saturated heterocycles. The molecule has 1 unspecified atom stereocenters. The Bertz CT molecular complexity index is 1090. The number of epoxide rings is 1. The number of halogens is 2. The zero-order valence-corrected chi connectivity index (χ0v) is 24.8.